The first-order valence-electron chi connectivity index (χ1n) is 4.35. The fraction of sp³-hybridized carbons (Fsp3) is 0.273. The summed E-state index contributed by atoms with van der Waals surface area (Å²) in [6.07, 6.45) is 2.70. The molecule has 0 spiro atoms. The van der Waals surface area contributed by atoms with Gasteiger partial charge in [0.15, 0.2) is 0 Å². The molecule has 0 bridgehead atoms. The average Bonchev–Trinajstić information content (AvgIpc) is 2.18. The zero-order valence-electron chi connectivity index (χ0n) is 8.19. The summed E-state index contributed by atoms with van der Waals surface area (Å²) in [6, 6.07) is 9.17. The third-order valence-electron chi connectivity index (χ3n) is 1.48. The highest BCUT2D eigenvalue weighted by atomic mass is 16.6. The van der Waals surface area contributed by atoms with Gasteiger partial charge in [0.25, 0.3) is 0 Å². The van der Waals surface area contributed by atoms with Crippen molar-refractivity contribution in [2.45, 2.75) is 20.0 Å². The number of hydrogen-bond acceptors (Lipinski definition) is 3. The molecule has 0 heterocycles. The molecular formula is C11H11N2O. The van der Waals surface area contributed by atoms with Crippen LogP contribution in [0.5, 0.6) is 0 Å². The second-order valence-corrected chi connectivity index (χ2v) is 3.01. The maximum Gasteiger partial charge on any atom is 0.141 e. The minimum absolute atomic E-state index is 0.0248. The Morgan fingerprint density at radius 3 is 2.50 bits per heavy atom. The number of hydrogen-bond donors (Lipinski definition) is 0. The van der Waals surface area contributed by atoms with Crippen LogP contribution in [-0.2, 0) is 4.84 Å². The van der Waals surface area contributed by atoms with Gasteiger partial charge in [-0.25, -0.2) is 0 Å². The number of rotatable bonds is 3. The van der Waals surface area contributed by atoms with Crippen LogP contribution in [0.15, 0.2) is 29.4 Å². The van der Waals surface area contributed by atoms with E-state index in [2.05, 4.69) is 17.4 Å². The van der Waals surface area contributed by atoms with Crippen molar-refractivity contribution in [3.05, 3.63) is 35.4 Å². The molecule has 0 aliphatic heterocycles. The van der Waals surface area contributed by atoms with Crippen molar-refractivity contribution in [2.24, 2.45) is 5.16 Å². The quantitative estimate of drug-likeness (QED) is 0.538. The molecule has 0 aliphatic carbocycles. The standard InChI is InChI=1S/C11H11N2O/c1-9(2)14-13-8-11-6-4-3-5-10(11)7-12/h3-6,9H,1-2H3. The van der Waals surface area contributed by atoms with Crippen molar-refractivity contribution in [1.29, 1.82) is 5.26 Å². The molecule has 71 valence electrons. The van der Waals surface area contributed by atoms with Crippen LogP contribution in [0.1, 0.15) is 25.0 Å². The predicted octanol–water partition coefficient (Wildman–Crippen LogP) is 2.19. The highest BCUT2D eigenvalue weighted by Gasteiger charge is 1.97. The lowest BCUT2D eigenvalue weighted by atomic mass is 10.1. The van der Waals surface area contributed by atoms with E-state index in [1.165, 1.54) is 0 Å². The van der Waals surface area contributed by atoms with E-state index < -0.39 is 0 Å². The first-order valence-corrected chi connectivity index (χ1v) is 4.35. The van der Waals surface area contributed by atoms with Crippen molar-refractivity contribution in [3.63, 3.8) is 0 Å². The van der Waals surface area contributed by atoms with Crippen LogP contribution in [-0.4, -0.2) is 12.3 Å². The molecule has 0 unspecified atom stereocenters. The second kappa shape index (κ2) is 5.03. The van der Waals surface area contributed by atoms with Gasteiger partial charge in [-0.3, -0.25) is 0 Å². The van der Waals surface area contributed by atoms with Gasteiger partial charge in [0, 0.05) is 5.56 Å². The van der Waals surface area contributed by atoms with Crippen molar-refractivity contribution in [2.75, 3.05) is 0 Å². The molecule has 0 saturated carbocycles. The van der Waals surface area contributed by atoms with E-state index in [9.17, 15) is 0 Å². The average molecular weight is 187 g/mol. The Balaban J connectivity index is 2.76. The van der Waals surface area contributed by atoms with E-state index in [0.29, 0.717) is 11.1 Å². The largest absolute Gasteiger partial charge is 0.393 e. The Hall–Kier alpha value is -1.82. The smallest absolute Gasteiger partial charge is 0.141 e. The molecule has 0 amide bonds. The van der Waals surface area contributed by atoms with Gasteiger partial charge in [-0.2, -0.15) is 5.26 Å². The zero-order chi connectivity index (χ0) is 10.4. The summed E-state index contributed by atoms with van der Waals surface area (Å²) in [7, 11) is 0. The Labute approximate surface area is 83.6 Å². The fourth-order valence-electron chi connectivity index (χ4n) is 0.859. The monoisotopic (exact) mass is 187 g/mol. The van der Waals surface area contributed by atoms with Gasteiger partial charge in [0.05, 0.1) is 11.6 Å². The third kappa shape index (κ3) is 2.91. The van der Waals surface area contributed by atoms with E-state index >= 15 is 0 Å². The molecule has 0 aliphatic rings. The number of nitrogens with zero attached hydrogens (tertiary/aromatic N) is 2. The summed E-state index contributed by atoms with van der Waals surface area (Å²) >= 11 is 0. The number of nitriles is 1. The summed E-state index contributed by atoms with van der Waals surface area (Å²) in [5.41, 5.74) is 1.19. The van der Waals surface area contributed by atoms with Gasteiger partial charge >= 0.3 is 0 Å². The first-order chi connectivity index (χ1) is 6.74. The Morgan fingerprint density at radius 1 is 1.29 bits per heavy atom. The van der Waals surface area contributed by atoms with Crippen LogP contribution < -0.4 is 0 Å². The maximum absolute atomic E-state index is 8.75. The van der Waals surface area contributed by atoms with Gasteiger partial charge in [-0.05, 0) is 19.9 Å². The molecule has 0 N–H and O–H groups in total. The van der Waals surface area contributed by atoms with Crippen LogP contribution in [0.4, 0.5) is 0 Å². The van der Waals surface area contributed by atoms with Crippen molar-refractivity contribution >= 4 is 6.21 Å². The zero-order valence-corrected chi connectivity index (χ0v) is 8.19. The Bertz CT molecular complexity index is 364. The summed E-state index contributed by atoms with van der Waals surface area (Å²) in [5.74, 6) is 0. The van der Waals surface area contributed by atoms with Crippen LogP contribution in [0.25, 0.3) is 0 Å². The van der Waals surface area contributed by atoms with Gasteiger partial charge in [0.1, 0.15) is 12.3 Å². The van der Waals surface area contributed by atoms with Crippen LogP contribution in [0, 0.1) is 11.3 Å². The number of benzene rings is 1. The second-order valence-electron chi connectivity index (χ2n) is 3.01. The van der Waals surface area contributed by atoms with Gasteiger partial charge in [-0.15, -0.1) is 0 Å². The lowest BCUT2D eigenvalue weighted by molar-refractivity contribution is 0.0873. The highest BCUT2D eigenvalue weighted by molar-refractivity contribution is 5.82. The van der Waals surface area contributed by atoms with Crippen LogP contribution in [0.3, 0.4) is 0 Å². The molecule has 3 heteroatoms. The molecule has 0 saturated heterocycles. The maximum atomic E-state index is 8.75. The SMILES string of the molecule is CC(C)O/N=[C]/c1ccccc1C#N. The van der Waals surface area contributed by atoms with Crippen molar-refractivity contribution in [3.8, 4) is 6.07 Å². The Morgan fingerprint density at radius 2 is 1.93 bits per heavy atom. The molecule has 1 radical (unpaired) electrons. The molecule has 1 rings (SSSR count). The van der Waals surface area contributed by atoms with E-state index in [4.69, 9.17) is 10.1 Å². The normalized spacial score (nSPS) is 10.4. The van der Waals surface area contributed by atoms with Crippen LogP contribution in [0.2, 0.25) is 0 Å². The predicted molar refractivity (Wildman–Crippen MR) is 53.9 cm³/mol. The summed E-state index contributed by atoms with van der Waals surface area (Å²) in [5, 5.41) is 12.4. The lowest BCUT2D eigenvalue weighted by Crippen LogP contribution is -1.96. The van der Waals surface area contributed by atoms with Gasteiger partial charge < -0.3 is 4.84 Å². The van der Waals surface area contributed by atoms with E-state index in [1.54, 1.807) is 18.2 Å². The van der Waals surface area contributed by atoms with Crippen molar-refractivity contribution < 1.29 is 4.84 Å². The molecule has 3 nitrogen and oxygen atoms in total. The van der Waals surface area contributed by atoms with Gasteiger partial charge in [-0.1, -0.05) is 23.4 Å². The topological polar surface area (TPSA) is 45.4 Å². The lowest BCUT2D eigenvalue weighted by Gasteiger charge is -2.00. The molecule has 1 aromatic carbocycles. The summed E-state index contributed by atoms with van der Waals surface area (Å²) < 4.78 is 0. The third-order valence-corrected chi connectivity index (χ3v) is 1.48. The molecule has 1 aromatic rings. The molecule has 14 heavy (non-hydrogen) atoms. The summed E-state index contributed by atoms with van der Waals surface area (Å²) in [4.78, 5) is 4.95. The van der Waals surface area contributed by atoms with E-state index in [1.807, 2.05) is 19.9 Å². The molecule has 0 aromatic heterocycles. The minimum Gasteiger partial charge on any atom is -0.393 e. The van der Waals surface area contributed by atoms with E-state index in [-0.39, 0.29) is 6.10 Å². The van der Waals surface area contributed by atoms with E-state index in [0.717, 1.165) is 0 Å². The van der Waals surface area contributed by atoms with Crippen LogP contribution >= 0.6 is 0 Å². The molecule has 0 fully saturated rings. The van der Waals surface area contributed by atoms with Gasteiger partial charge in [0.2, 0.25) is 0 Å². The molecule has 0 atom stereocenters. The first kappa shape index (κ1) is 10.3. The molecular weight excluding hydrogens is 176 g/mol. The van der Waals surface area contributed by atoms with Crippen molar-refractivity contribution in [1.82, 2.24) is 0 Å². The minimum atomic E-state index is 0.0248. The Kier molecular flexibility index (Phi) is 3.69. The fourth-order valence-corrected chi connectivity index (χ4v) is 0.859. The summed E-state index contributed by atoms with van der Waals surface area (Å²) in [6.45, 7) is 3.75. The highest BCUT2D eigenvalue weighted by Crippen LogP contribution is 2.04.